The quantitative estimate of drug-likeness (QED) is 0.610. The Hall–Kier alpha value is -1.50. The molecule has 0 bridgehead atoms. The molecule has 128 valence electrons. The highest BCUT2D eigenvalue weighted by molar-refractivity contribution is 8.00. The molecule has 0 spiro atoms. The Morgan fingerprint density at radius 1 is 1.38 bits per heavy atom. The fourth-order valence-electron chi connectivity index (χ4n) is 2.57. The Balaban J connectivity index is 2.00. The molecule has 1 N–H and O–H groups in total. The van der Waals surface area contributed by atoms with Crippen molar-refractivity contribution in [2.75, 3.05) is 18.5 Å². The number of thiophene rings is 1. The van der Waals surface area contributed by atoms with Crippen molar-refractivity contribution in [1.82, 2.24) is 0 Å². The van der Waals surface area contributed by atoms with Crippen molar-refractivity contribution in [2.45, 2.75) is 29.0 Å². The molecule has 1 saturated heterocycles. The molecule has 1 fully saturated rings. The van der Waals surface area contributed by atoms with Crippen molar-refractivity contribution >= 4 is 38.9 Å². The summed E-state index contributed by atoms with van der Waals surface area (Å²) in [7, 11) is 0. The fraction of sp³-hybridized carbons (Fsp3) is 0.400. The van der Waals surface area contributed by atoms with Gasteiger partial charge in [0, 0.05) is 12.0 Å². The third kappa shape index (κ3) is 3.61. The van der Waals surface area contributed by atoms with Crippen molar-refractivity contribution in [3.8, 4) is 6.07 Å². The van der Waals surface area contributed by atoms with E-state index in [1.807, 2.05) is 6.07 Å². The zero-order chi connectivity index (χ0) is 17.3. The number of thioether (sulfide) groups is 1. The molecule has 2 heterocycles. The smallest absolute Gasteiger partial charge is 0.378 e. The van der Waals surface area contributed by atoms with Crippen LogP contribution in [0.3, 0.4) is 0 Å². The van der Waals surface area contributed by atoms with Gasteiger partial charge in [-0.05, 0) is 24.2 Å². The normalized spacial score (nSPS) is 21.6. The summed E-state index contributed by atoms with van der Waals surface area (Å²) in [6.45, 7) is 0.424. The van der Waals surface area contributed by atoms with Crippen LogP contribution in [-0.2, 0) is 4.74 Å². The number of ether oxygens (including phenoxy) is 1. The van der Waals surface area contributed by atoms with Gasteiger partial charge in [0.05, 0.1) is 27.9 Å². The molecule has 0 unspecified atom stereocenters. The van der Waals surface area contributed by atoms with E-state index in [1.165, 1.54) is 0 Å². The second-order valence-corrected chi connectivity index (χ2v) is 7.33. The van der Waals surface area contributed by atoms with Gasteiger partial charge in [-0.3, -0.25) is 0 Å². The maximum atomic E-state index is 13.9. The molecule has 0 saturated carbocycles. The number of fused-ring (bicyclic) bond motifs is 1. The first-order valence-corrected chi connectivity index (χ1v) is 8.72. The molecule has 1 aromatic carbocycles. The first kappa shape index (κ1) is 17.3. The second kappa shape index (κ2) is 6.78. The Labute approximate surface area is 143 Å². The van der Waals surface area contributed by atoms with E-state index in [2.05, 4.69) is 5.32 Å². The lowest BCUT2D eigenvalue weighted by Crippen LogP contribution is -2.39. The van der Waals surface area contributed by atoms with E-state index < -0.39 is 17.7 Å². The molecular weight excluding hydrogens is 364 g/mol. The Bertz CT molecular complexity index is 784. The summed E-state index contributed by atoms with van der Waals surface area (Å²) in [6.07, 6.45) is -0.716. The van der Waals surface area contributed by atoms with Crippen LogP contribution in [0.15, 0.2) is 23.1 Å². The van der Waals surface area contributed by atoms with Gasteiger partial charge in [-0.2, -0.15) is 18.4 Å². The molecule has 0 amide bonds. The number of nitriles is 1. The van der Waals surface area contributed by atoms with Crippen molar-refractivity contribution in [1.29, 1.82) is 5.26 Å². The van der Waals surface area contributed by atoms with Gasteiger partial charge in [0.25, 0.3) is 0 Å². The zero-order valence-corrected chi connectivity index (χ0v) is 13.8. The minimum Gasteiger partial charge on any atom is -0.378 e. The van der Waals surface area contributed by atoms with Gasteiger partial charge in [0.15, 0.2) is 0 Å². The third-order valence-electron chi connectivity index (χ3n) is 3.62. The minimum absolute atomic E-state index is 0.00327. The molecule has 0 radical (unpaired) electrons. The first-order valence-electron chi connectivity index (χ1n) is 7.09. The molecule has 0 aliphatic carbocycles. The number of nitrogens with one attached hydrogen (secondary N) is 1. The lowest BCUT2D eigenvalue weighted by atomic mass is 10.1. The monoisotopic (exact) mass is 376 g/mol. The van der Waals surface area contributed by atoms with Crippen molar-refractivity contribution in [3.05, 3.63) is 23.1 Å². The van der Waals surface area contributed by atoms with Crippen LogP contribution < -0.4 is 5.32 Å². The van der Waals surface area contributed by atoms with Gasteiger partial charge >= 0.3 is 5.51 Å². The Morgan fingerprint density at radius 2 is 2.17 bits per heavy atom. The zero-order valence-electron chi connectivity index (χ0n) is 12.2. The highest BCUT2D eigenvalue weighted by atomic mass is 32.2. The van der Waals surface area contributed by atoms with Gasteiger partial charge in [0.1, 0.15) is 17.1 Å². The Morgan fingerprint density at radius 3 is 2.83 bits per heavy atom. The van der Waals surface area contributed by atoms with Crippen molar-refractivity contribution in [3.63, 3.8) is 0 Å². The summed E-state index contributed by atoms with van der Waals surface area (Å²) in [5, 5.41) is 12.6. The number of rotatable bonds is 3. The van der Waals surface area contributed by atoms with Gasteiger partial charge in [-0.25, -0.2) is 4.39 Å². The van der Waals surface area contributed by atoms with E-state index in [9.17, 15) is 17.6 Å². The van der Waals surface area contributed by atoms with Gasteiger partial charge in [-0.1, -0.05) is 12.1 Å². The van der Waals surface area contributed by atoms with Crippen LogP contribution in [0.2, 0.25) is 0 Å². The highest BCUT2D eigenvalue weighted by Gasteiger charge is 2.33. The number of hydrogen-bond acceptors (Lipinski definition) is 5. The predicted octanol–water partition coefficient (Wildman–Crippen LogP) is 4.92. The molecule has 2 aromatic rings. The molecule has 24 heavy (non-hydrogen) atoms. The summed E-state index contributed by atoms with van der Waals surface area (Å²) in [5.74, 6) is 0. The van der Waals surface area contributed by atoms with Crippen LogP contribution in [0.25, 0.3) is 10.1 Å². The summed E-state index contributed by atoms with van der Waals surface area (Å²) in [4.78, 5) is -0.0947. The SMILES string of the molecule is N#Cc1sc2c(N[C@@H]3CCOC[C@@H]3F)cccc2c1SC(F)(F)F. The maximum Gasteiger partial charge on any atom is 0.446 e. The molecular formula is C15H12F4N2OS2. The molecule has 1 aromatic heterocycles. The Kier molecular flexibility index (Phi) is 4.90. The van der Waals surface area contributed by atoms with E-state index in [4.69, 9.17) is 10.00 Å². The summed E-state index contributed by atoms with van der Waals surface area (Å²) in [6, 6.07) is 6.19. The van der Waals surface area contributed by atoms with Crippen LogP contribution >= 0.6 is 23.1 Å². The van der Waals surface area contributed by atoms with E-state index in [0.717, 1.165) is 11.3 Å². The average Bonchev–Trinajstić information content (AvgIpc) is 2.87. The van der Waals surface area contributed by atoms with Gasteiger partial charge < -0.3 is 10.1 Å². The summed E-state index contributed by atoms with van der Waals surface area (Å²) < 4.78 is 57.8. The second-order valence-electron chi connectivity index (χ2n) is 5.23. The lowest BCUT2D eigenvalue weighted by Gasteiger charge is -2.27. The number of benzene rings is 1. The van der Waals surface area contributed by atoms with Gasteiger partial charge in [-0.15, -0.1) is 11.3 Å². The van der Waals surface area contributed by atoms with Crippen molar-refractivity contribution < 1.29 is 22.3 Å². The number of hydrogen-bond donors (Lipinski definition) is 1. The summed E-state index contributed by atoms with van der Waals surface area (Å²) >= 11 is 0.692. The van der Waals surface area contributed by atoms with E-state index in [0.29, 0.717) is 28.8 Å². The standard InChI is InChI=1S/C15H12F4N2OS2/c16-9-7-22-5-4-10(9)21-11-3-1-2-8-13(11)23-12(6-20)14(8)24-15(17,18)19/h1-3,9-10,21H,4-5,7H2/t9-,10+/m0/s1. The molecule has 1 aliphatic rings. The van der Waals surface area contributed by atoms with E-state index in [-0.39, 0.29) is 28.1 Å². The highest BCUT2D eigenvalue weighted by Crippen LogP contribution is 2.47. The van der Waals surface area contributed by atoms with Gasteiger partial charge in [0.2, 0.25) is 0 Å². The van der Waals surface area contributed by atoms with Crippen molar-refractivity contribution in [2.24, 2.45) is 0 Å². The molecule has 2 atom stereocenters. The maximum absolute atomic E-state index is 13.9. The number of nitrogens with zero attached hydrogens (tertiary/aromatic N) is 1. The molecule has 1 aliphatic heterocycles. The van der Waals surface area contributed by atoms with Crippen LogP contribution in [0, 0.1) is 11.3 Å². The fourth-order valence-corrected chi connectivity index (χ4v) is 4.50. The lowest BCUT2D eigenvalue weighted by molar-refractivity contribution is -0.0327. The van der Waals surface area contributed by atoms with E-state index in [1.54, 1.807) is 18.2 Å². The third-order valence-corrected chi connectivity index (χ3v) is 5.75. The predicted molar refractivity (Wildman–Crippen MR) is 86.2 cm³/mol. The number of alkyl halides is 4. The molecule has 3 nitrogen and oxygen atoms in total. The summed E-state index contributed by atoms with van der Waals surface area (Å²) in [5.41, 5.74) is -3.94. The minimum atomic E-state index is -4.48. The van der Waals surface area contributed by atoms with Crippen LogP contribution in [0.5, 0.6) is 0 Å². The number of anilines is 1. The molecule has 3 rings (SSSR count). The average molecular weight is 376 g/mol. The largest absolute Gasteiger partial charge is 0.446 e. The molecule has 9 heteroatoms. The van der Waals surface area contributed by atoms with Crippen LogP contribution in [-0.4, -0.2) is 30.9 Å². The van der Waals surface area contributed by atoms with Crippen LogP contribution in [0.1, 0.15) is 11.3 Å². The topological polar surface area (TPSA) is 45.0 Å². The number of halogens is 4. The van der Waals surface area contributed by atoms with E-state index >= 15 is 0 Å². The van der Waals surface area contributed by atoms with Crippen LogP contribution in [0.4, 0.5) is 23.2 Å². The first-order chi connectivity index (χ1) is 11.4.